The van der Waals surface area contributed by atoms with Gasteiger partial charge in [0.1, 0.15) is 5.75 Å². The maximum absolute atomic E-state index is 5.98. The summed E-state index contributed by atoms with van der Waals surface area (Å²) in [6.07, 6.45) is 3.01. The summed E-state index contributed by atoms with van der Waals surface area (Å²) in [4.78, 5) is 8.08. The molecule has 2 rings (SSSR count). The summed E-state index contributed by atoms with van der Waals surface area (Å²) in [5.41, 5.74) is 0.602. The summed E-state index contributed by atoms with van der Waals surface area (Å²) < 4.78 is 5.48. The molecule has 1 aromatic heterocycles. The third-order valence-electron chi connectivity index (χ3n) is 1.99. The minimum atomic E-state index is 0.249. The zero-order chi connectivity index (χ0) is 13.1. The summed E-state index contributed by atoms with van der Waals surface area (Å²) in [5, 5.41) is 1.04. The van der Waals surface area contributed by atoms with Crippen LogP contribution < -0.4 is 4.74 Å². The molecule has 0 spiro atoms. The van der Waals surface area contributed by atoms with Crippen LogP contribution in [0, 0.1) is 0 Å². The summed E-state index contributed by atoms with van der Waals surface area (Å²) in [6, 6.07) is 3.01. The maximum atomic E-state index is 5.98. The molecule has 1 aromatic carbocycles. The van der Waals surface area contributed by atoms with E-state index in [0.29, 0.717) is 26.5 Å². The number of aromatic nitrogens is 2. The van der Waals surface area contributed by atoms with Crippen LogP contribution in [0.1, 0.15) is 5.69 Å². The van der Waals surface area contributed by atoms with Gasteiger partial charge in [0.15, 0.2) is 0 Å². The average Bonchev–Trinajstić information content (AvgIpc) is 2.36. The van der Waals surface area contributed by atoms with Gasteiger partial charge in [-0.15, -0.1) is 11.6 Å². The van der Waals surface area contributed by atoms with E-state index >= 15 is 0 Å². The second-order valence-electron chi connectivity index (χ2n) is 3.28. The van der Waals surface area contributed by atoms with Gasteiger partial charge >= 0.3 is 0 Å². The van der Waals surface area contributed by atoms with E-state index in [1.807, 2.05) is 0 Å². The molecular formula is C11H6Cl4N2O. The fourth-order valence-corrected chi connectivity index (χ4v) is 1.90. The molecule has 0 radical (unpaired) electrons. The van der Waals surface area contributed by atoms with Gasteiger partial charge in [-0.1, -0.05) is 34.8 Å². The number of rotatable bonds is 3. The summed E-state index contributed by atoms with van der Waals surface area (Å²) in [6.45, 7) is 0. The smallest absolute Gasteiger partial charge is 0.238 e. The Hall–Kier alpha value is -0.740. The van der Waals surface area contributed by atoms with Crippen molar-refractivity contribution in [3.05, 3.63) is 45.3 Å². The van der Waals surface area contributed by atoms with E-state index < -0.39 is 0 Å². The van der Waals surface area contributed by atoms with Crippen molar-refractivity contribution in [3.63, 3.8) is 0 Å². The van der Waals surface area contributed by atoms with Gasteiger partial charge in [-0.2, -0.15) is 0 Å². The van der Waals surface area contributed by atoms with Crippen LogP contribution in [-0.2, 0) is 5.88 Å². The Morgan fingerprint density at radius 2 is 1.72 bits per heavy atom. The molecule has 0 aliphatic carbocycles. The van der Waals surface area contributed by atoms with Gasteiger partial charge in [0.25, 0.3) is 0 Å². The molecule has 3 nitrogen and oxygen atoms in total. The first-order chi connectivity index (χ1) is 8.60. The summed E-state index contributed by atoms with van der Waals surface area (Å²) in [7, 11) is 0. The molecule has 94 valence electrons. The highest BCUT2D eigenvalue weighted by Gasteiger charge is 2.09. The van der Waals surface area contributed by atoms with E-state index in [0.717, 1.165) is 0 Å². The molecule has 0 fully saturated rings. The number of hydrogen-bond donors (Lipinski definition) is 0. The van der Waals surface area contributed by atoms with Crippen molar-refractivity contribution in [2.24, 2.45) is 0 Å². The van der Waals surface area contributed by atoms with Crippen molar-refractivity contribution in [1.82, 2.24) is 9.97 Å². The standard InChI is InChI=1S/C11H6Cl4N2O/c12-3-6-4-16-5-11(17-6)18-10-2-8(14)7(13)1-9(10)15/h1-2,4-5H,3H2. The molecule has 18 heavy (non-hydrogen) atoms. The van der Waals surface area contributed by atoms with Crippen LogP contribution in [0.4, 0.5) is 0 Å². The van der Waals surface area contributed by atoms with Crippen molar-refractivity contribution < 1.29 is 4.74 Å². The minimum absolute atomic E-state index is 0.249. The zero-order valence-corrected chi connectivity index (χ0v) is 11.9. The van der Waals surface area contributed by atoms with E-state index in [-0.39, 0.29) is 11.8 Å². The highest BCUT2D eigenvalue weighted by Crippen LogP contribution is 2.35. The molecular weight excluding hydrogens is 318 g/mol. The van der Waals surface area contributed by atoms with Gasteiger partial charge in [0.2, 0.25) is 5.88 Å². The van der Waals surface area contributed by atoms with Gasteiger partial charge in [-0.25, -0.2) is 4.98 Å². The first-order valence-electron chi connectivity index (χ1n) is 4.79. The average molecular weight is 324 g/mol. The normalized spacial score (nSPS) is 10.4. The molecule has 0 unspecified atom stereocenters. The van der Waals surface area contributed by atoms with Gasteiger partial charge < -0.3 is 4.74 Å². The molecule has 0 N–H and O–H groups in total. The molecule has 7 heteroatoms. The Labute approximate surface area is 124 Å². The second-order valence-corrected chi connectivity index (χ2v) is 4.77. The molecule has 1 heterocycles. The lowest BCUT2D eigenvalue weighted by atomic mass is 10.3. The van der Waals surface area contributed by atoms with E-state index in [9.17, 15) is 0 Å². The molecule has 0 saturated carbocycles. The molecule has 0 atom stereocenters. The fourth-order valence-electron chi connectivity index (χ4n) is 1.20. The van der Waals surface area contributed by atoms with E-state index in [1.54, 1.807) is 6.20 Å². The van der Waals surface area contributed by atoms with Crippen LogP contribution >= 0.6 is 46.4 Å². The predicted molar refractivity (Wildman–Crippen MR) is 73.1 cm³/mol. The molecule has 0 aliphatic rings. The summed E-state index contributed by atoms with van der Waals surface area (Å²) >= 11 is 23.3. The SMILES string of the molecule is ClCc1cncc(Oc2cc(Cl)c(Cl)cc2Cl)n1. The van der Waals surface area contributed by atoms with E-state index in [1.165, 1.54) is 18.3 Å². The van der Waals surface area contributed by atoms with Gasteiger partial charge in [-0.3, -0.25) is 4.98 Å². The number of alkyl halides is 1. The van der Waals surface area contributed by atoms with Gasteiger partial charge in [-0.05, 0) is 6.07 Å². The number of ether oxygens (including phenoxy) is 1. The van der Waals surface area contributed by atoms with Crippen molar-refractivity contribution in [1.29, 1.82) is 0 Å². The minimum Gasteiger partial charge on any atom is -0.436 e. The summed E-state index contributed by atoms with van der Waals surface area (Å²) in [5.74, 6) is 0.889. The second kappa shape index (κ2) is 5.93. The largest absolute Gasteiger partial charge is 0.436 e. The highest BCUT2D eigenvalue weighted by molar-refractivity contribution is 6.43. The van der Waals surface area contributed by atoms with Crippen LogP contribution in [0.15, 0.2) is 24.5 Å². The lowest BCUT2D eigenvalue weighted by molar-refractivity contribution is 0.459. The lowest BCUT2D eigenvalue weighted by Gasteiger charge is -2.08. The Morgan fingerprint density at radius 1 is 1.00 bits per heavy atom. The molecule has 2 aromatic rings. The Kier molecular flexibility index (Phi) is 4.51. The third kappa shape index (κ3) is 3.18. The third-order valence-corrected chi connectivity index (χ3v) is 3.28. The molecule has 0 saturated heterocycles. The van der Waals surface area contributed by atoms with E-state index in [2.05, 4.69) is 9.97 Å². The molecule has 0 bridgehead atoms. The van der Waals surface area contributed by atoms with Crippen LogP contribution in [0.3, 0.4) is 0 Å². The van der Waals surface area contributed by atoms with Crippen molar-refractivity contribution in [2.75, 3.05) is 0 Å². The predicted octanol–water partition coefficient (Wildman–Crippen LogP) is 4.97. The molecule has 0 aliphatic heterocycles. The molecule has 0 amide bonds. The first kappa shape index (κ1) is 13.7. The lowest BCUT2D eigenvalue weighted by Crippen LogP contribution is -1.93. The van der Waals surface area contributed by atoms with Gasteiger partial charge in [0, 0.05) is 12.3 Å². The topological polar surface area (TPSA) is 35.0 Å². The monoisotopic (exact) mass is 322 g/mol. The number of hydrogen-bond acceptors (Lipinski definition) is 3. The van der Waals surface area contributed by atoms with Gasteiger partial charge in [0.05, 0.1) is 32.8 Å². The van der Waals surface area contributed by atoms with E-state index in [4.69, 9.17) is 51.1 Å². The van der Waals surface area contributed by atoms with Crippen LogP contribution in [0.25, 0.3) is 0 Å². The highest BCUT2D eigenvalue weighted by atomic mass is 35.5. The van der Waals surface area contributed by atoms with Crippen molar-refractivity contribution >= 4 is 46.4 Å². The zero-order valence-electron chi connectivity index (χ0n) is 8.83. The number of benzene rings is 1. The number of halogens is 4. The van der Waals surface area contributed by atoms with Crippen LogP contribution in [0.2, 0.25) is 15.1 Å². The van der Waals surface area contributed by atoms with Crippen molar-refractivity contribution in [2.45, 2.75) is 5.88 Å². The Morgan fingerprint density at radius 3 is 2.44 bits per heavy atom. The first-order valence-corrected chi connectivity index (χ1v) is 6.46. The van der Waals surface area contributed by atoms with Crippen LogP contribution in [-0.4, -0.2) is 9.97 Å². The van der Waals surface area contributed by atoms with Crippen molar-refractivity contribution in [3.8, 4) is 11.6 Å². The quantitative estimate of drug-likeness (QED) is 0.591. The Balaban J connectivity index is 2.30. The van der Waals surface area contributed by atoms with Crippen LogP contribution in [0.5, 0.6) is 11.6 Å². The maximum Gasteiger partial charge on any atom is 0.238 e. The Bertz CT molecular complexity index is 577. The fraction of sp³-hybridized carbons (Fsp3) is 0.0909. The number of nitrogens with zero attached hydrogens (tertiary/aromatic N) is 2.